The van der Waals surface area contributed by atoms with E-state index < -0.39 is 0 Å². The number of benzene rings is 1. The molecule has 6 heteroatoms. The molecule has 1 N–H and O–H groups in total. The first-order chi connectivity index (χ1) is 13.2. The molecular formula is C22H32IN5. The van der Waals surface area contributed by atoms with E-state index >= 15 is 0 Å². The molecule has 1 fully saturated rings. The number of rotatable bonds is 6. The molecule has 0 spiro atoms. The number of piperidine rings is 1. The Morgan fingerprint density at radius 1 is 1.21 bits per heavy atom. The maximum Gasteiger partial charge on any atom is 0.193 e. The van der Waals surface area contributed by atoms with E-state index in [1.807, 2.05) is 23.1 Å². The van der Waals surface area contributed by atoms with Gasteiger partial charge in [0.05, 0.1) is 0 Å². The van der Waals surface area contributed by atoms with Crippen LogP contribution in [0.3, 0.4) is 0 Å². The monoisotopic (exact) mass is 493 g/mol. The van der Waals surface area contributed by atoms with Crippen molar-refractivity contribution >= 4 is 36.0 Å². The van der Waals surface area contributed by atoms with E-state index in [1.165, 1.54) is 11.1 Å². The number of nitrogens with zero attached hydrogens (tertiary/aromatic N) is 4. The van der Waals surface area contributed by atoms with Crippen LogP contribution in [0.25, 0.3) is 6.08 Å². The van der Waals surface area contributed by atoms with E-state index in [4.69, 9.17) is 4.99 Å². The van der Waals surface area contributed by atoms with Crippen LogP contribution in [0.2, 0.25) is 0 Å². The highest BCUT2D eigenvalue weighted by Crippen LogP contribution is 2.19. The molecule has 1 saturated heterocycles. The molecule has 0 aliphatic carbocycles. The quantitative estimate of drug-likeness (QED) is 0.371. The van der Waals surface area contributed by atoms with Gasteiger partial charge in [0.15, 0.2) is 5.96 Å². The third-order valence-electron chi connectivity index (χ3n) is 4.82. The molecule has 0 saturated carbocycles. The Labute approximate surface area is 185 Å². The lowest BCUT2D eigenvalue weighted by molar-refractivity contribution is 0.372. The van der Waals surface area contributed by atoms with Gasteiger partial charge in [-0.1, -0.05) is 48.9 Å². The van der Waals surface area contributed by atoms with Crippen molar-refractivity contribution < 1.29 is 0 Å². The second-order valence-electron chi connectivity index (χ2n) is 7.23. The first-order valence-corrected chi connectivity index (χ1v) is 9.99. The maximum absolute atomic E-state index is 4.90. The Balaban J connectivity index is 0.00000280. The highest BCUT2D eigenvalue weighted by Gasteiger charge is 2.17. The lowest BCUT2D eigenvalue weighted by Crippen LogP contribution is -2.44. The predicted octanol–water partition coefficient (Wildman–Crippen LogP) is 4.28. The van der Waals surface area contributed by atoms with Crippen LogP contribution in [0.4, 0.5) is 0 Å². The highest BCUT2D eigenvalue weighted by molar-refractivity contribution is 14.0. The van der Waals surface area contributed by atoms with Crippen molar-refractivity contribution in [1.82, 2.24) is 20.0 Å². The predicted molar refractivity (Wildman–Crippen MR) is 128 cm³/mol. The Kier molecular flexibility index (Phi) is 9.54. The van der Waals surface area contributed by atoms with Gasteiger partial charge in [0.1, 0.15) is 0 Å². The van der Waals surface area contributed by atoms with Crippen LogP contribution in [0, 0.1) is 5.92 Å². The van der Waals surface area contributed by atoms with Gasteiger partial charge in [0.2, 0.25) is 0 Å². The Hall–Kier alpha value is -1.83. The second kappa shape index (κ2) is 11.9. The van der Waals surface area contributed by atoms with Crippen molar-refractivity contribution in [3.8, 4) is 0 Å². The molecule has 1 aromatic heterocycles. The molecule has 2 heterocycles. The topological polar surface area (TPSA) is 45.5 Å². The van der Waals surface area contributed by atoms with Crippen molar-refractivity contribution in [2.75, 3.05) is 26.2 Å². The molecule has 0 radical (unpaired) electrons. The van der Waals surface area contributed by atoms with Gasteiger partial charge in [-0.25, -0.2) is 0 Å². The van der Waals surface area contributed by atoms with Crippen molar-refractivity contribution in [3.05, 3.63) is 59.9 Å². The lowest BCUT2D eigenvalue weighted by atomic mass is 10.0. The summed E-state index contributed by atoms with van der Waals surface area (Å²) in [5.74, 6) is 1.50. The second-order valence-corrected chi connectivity index (χ2v) is 7.23. The molecule has 5 nitrogen and oxygen atoms in total. The SMILES string of the molecule is CCNC(=NCC(C)Cn1cccn1)N1CCC(=Cc2ccccc2)CC1.I. The fraction of sp³-hybridized carbons (Fsp3) is 0.455. The summed E-state index contributed by atoms with van der Waals surface area (Å²) >= 11 is 0. The van der Waals surface area contributed by atoms with Gasteiger partial charge >= 0.3 is 0 Å². The number of nitrogens with one attached hydrogen (secondary N) is 1. The smallest absolute Gasteiger partial charge is 0.193 e. The zero-order valence-corrected chi connectivity index (χ0v) is 19.3. The van der Waals surface area contributed by atoms with E-state index in [9.17, 15) is 0 Å². The van der Waals surface area contributed by atoms with Crippen LogP contribution in [0.1, 0.15) is 32.3 Å². The summed E-state index contributed by atoms with van der Waals surface area (Å²) in [7, 11) is 0. The lowest BCUT2D eigenvalue weighted by Gasteiger charge is -2.31. The molecule has 1 aliphatic rings. The number of aliphatic imine (C=N–C) groups is 1. The average Bonchev–Trinajstić information content (AvgIpc) is 3.20. The molecule has 2 aromatic rings. The fourth-order valence-corrected chi connectivity index (χ4v) is 3.39. The molecule has 0 amide bonds. The van der Waals surface area contributed by atoms with E-state index in [0.717, 1.165) is 51.5 Å². The largest absolute Gasteiger partial charge is 0.357 e. The summed E-state index contributed by atoms with van der Waals surface area (Å²) in [5, 5.41) is 7.75. The van der Waals surface area contributed by atoms with Gasteiger partial charge < -0.3 is 10.2 Å². The van der Waals surface area contributed by atoms with Crippen molar-refractivity contribution in [2.24, 2.45) is 10.9 Å². The first-order valence-electron chi connectivity index (χ1n) is 9.99. The van der Waals surface area contributed by atoms with Crippen LogP contribution in [-0.2, 0) is 6.54 Å². The third kappa shape index (κ3) is 6.96. The number of guanidine groups is 1. The molecule has 28 heavy (non-hydrogen) atoms. The molecule has 1 unspecified atom stereocenters. The van der Waals surface area contributed by atoms with Crippen molar-refractivity contribution in [3.63, 3.8) is 0 Å². The van der Waals surface area contributed by atoms with Gasteiger partial charge in [0, 0.05) is 45.1 Å². The summed E-state index contributed by atoms with van der Waals surface area (Å²) in [6.45, 7) is 9.02. The van der Waals surface area contributed by atoms with Gasteiger partial charge in [-0.3, -0.25) is 9.67 Å². The van der Waals surface area contributed by atoms with Gasteiger partial charge in [-0.2, -0.15) is 5.10 Å². The summed E-state index contributed by atoms with van der Waals surface area (Å²) in [4.78, 5) is 7.29. The van der Waals surface area contributed by atoms with Crippen LogP contribution < -0.4 is 5.32 Å². The van der Waals surface area contributed by atoms with Crippen molar-refractivity contribution in [2.45, 2.75) is 33.2 Å². The summed E-state index contributed by atoms with van der Waals surface area (Å²) < 4.78 is 1.98. The van der Waals surface area contributed by atoms with Crippen molar-refractivity contribution in [1.29, 1.82) is 0 Å². The Morgan fingerprint density at radius 2 is 1.96 bits per heavy atom. The van der Waals surface area contributed by atoms with E-state index in [-0.39, 0.29) is 24.0 Å². The zero-order valence-electron chi connectivity index (χ0n) is 16.9. The minimum atomic E-state index is 0. The normalized spacial score (nSPS) is 15.7. The van der Waals surface area contributed by atoms with Gasteiger partial charge in [-0.15, -0.1) is 24.0 Å². The summed E-state index contributed by atoms with van der Waals surface area (Å²) in [6, 6.07) is 12.6. The van der Waals surface area contributed by atoms with Crippen LogP contribution in [0.15, 0.2) is 59.4 Å². The van der Waals surface area contributed by atoms with Gasteiger partial charge in [-0.05, 0) is 37.3 Å². The van der Waals surface area contributed by atoms with Crippen LogP contribution >= 0.6 is 24.0 Å². The number of hydrogen-bond donors (Lipinski definition) is 1. The van der Waals surface area contributed by atoms with Crippen LogP contribution in [0.5, 0.6) is 0 Å². The number of aromatic nitrogens is 2. The number of likely N-dealkylation sites (tertiary alicyclic amines) is 1. The highest BCUT2D eigenvalue weighted by atomic mass is 127. The van der Waals surface area contributed by atoms with Gasteiger partial charge in [0.25, 0.3) is 0 Å². The van der Waals surface area contributed by atoms with E-state index in [1.54, 1.807) is 0 Å². The average molecular weight is 493 g/mol. The summed E-state index contributed by atoms with van der Waals surface area (Å²) in [6.07, 6.45) is 8.38. The standard InChI is InChI=1S/C22H31N5.HI/c1-3-23-22(24-17-19(2)18-27-13-7-12-25-27)26-14-10-21(11-15-26)16-20-8-5-4-6-9-20;/h4-9,12-13,16,19H,3,10-11,14-15,17-18H2,1-2H3,(H,23,24);1H. The molecule has 0 bridgehead atoms. The molecule has 1 aromatic carbocycles. The first kappa shape index (κ1) is 22.5. The minimum Gasteiger partial charge on any atom is -0.357 e. The Bertz CT molecular complexity index is 730. The zero-order chi connectivity index (χ0) is 18.9. The molecule has 152 valence electrons. The minimum absolute atomic E-state index is 0. The van der Waals surface area contributed by atoms with Crippen LogP contribution in [-0.4, -0.2) is 46.8 Å². The van der Waals surface area contributed by atoms with E-state index in [0.29, 0.717) is 5.92 Å². The molecular weight excluding hydrogens is 461 g/mol. The summed E-state index contributed by atoms with van der Waals surface area (Å²) in [5.41, 5.74) is 2.83. The fourth-order valence-electron chi connectivity index (χ4n) is 3.39. The Morgan fingerprint density at radius 3 is 2.61 bits per heavy atom. The maximum atomic E-state index is 4.90. The molecule has 1 aliphatic heterocycles. The molecule has 3 rings (SSSR count). The number of hydrogen-bond acceptors (Lipinski definition) is 2. The number of halogens is 1. The third-order valence-corrected chi connectivity index (χ3v) is 4.82. The molecule has 1 atom stereocenters. The van der Waals surface area contributed by atoms with E-state index in [2.05, 4.69) is 65.6 Å².